The summed E-state index contributed by atoms with van der Waals surface area (Å²) in [5.74, 6) is -0.682. The van der Waals surface area contributed by atoms with E-state index in [1.54, 1.807) is 12.3 Å². The predicted molar refractivity (Wildman–Crippen MR) is 74.9 cm³/mol. The van der Waals surface area contributed by atoms with Gasteiger partial charge in [0.05, 0.1) is 23.0 Å². The highest BCUT2D eigenvalue weighted by molar-refractivity contribution is 5.94. The molecular formula is C15H20N2O3. The van der Waals surface area contributed by atoms with Crippen molar-refractivity contribution in [3.8, 4) is 0 Å². The summed E-state index contributed by atoms with van der Waals surface area (Å²) in [5, 5.41) is 20.0. The minimum absolute atomic E-state index is 0.242. The maximum atomic E-state index is 11.3. The third kappa shape index (κ3) is 2.26. The maximum Gasteiger partial charge on any atom is 0.337 e. The molecule has 1 aliphatic carbocycles. The Balaban J connectivity index is 1.85. The predicted octanol–water partition coefficient (Wildman–Crippen LogP) is 1.91. The average Bonchev–Trinajstić information content (AvgIpc) is 2.46. The Bertz CT molecular complexity index is 520. The highest BCUT2D eigenvalue weighted by atomic mass is 16.4. The summed E-state index contributed by atoms with van der Waals surface area (Å²) >= 11 is 0. The highest BCUT2D eigenvalue weighted by Gasteiger charge is 2.43. The molecule has 0 bridgehead atoms. The van der Waals surface area contributed by atoms with E-state index >= 15 is 0 Å². The van der Waals surface area contributed by atoms with Crippen molar-refractivity contribution in [2.75, 3.05) is 18.0 Å². The molecule has 2 heterocycles. The summed E-state index contributed by atoms with van der Waals surface area (Å²) < 4.78 is 0. The number of pyridine rings is 1. The van der Waals surface area contributed by atoms with Gasteiger partial charge in [0.25, 0.3) is 0 Å². The Morgan fingerprint density at radius 1 is 1.40 bits per heavy atom. The maximum absolute atomic E-state index is 11.3. The first-order valence-electron chi connectivity index (χ1n) is 7.25. The first-order chi connectivity index (χ1) is 9.60. The van der Waals surface area contributed by atoms with Crippen molar-refractivity contribution >= 4 is 11.7 Å². The lowest BCUT2D eigenvalue weighted by atomic mass is 9.71. The molecule has 2 atom stereocenters. The standard InChI is InChI=1S/C15H20N2O3/c18-14(19)12-4-7-16-9-13(12)17-8-6-15(20)5-2-1-3-11(15)10-17/h4,7,9,11,20H,1-3,5-6,8,10H2,(H,18,19). The largest absolute Gasteiger partial charge is 0.478 e. The second-order valence-corrected chi connectivity index (χ2v) is 5.94. The first kappa shape index (κ1) is 13.4. The van der Waals surface area contributed by atoms with Gasteiger partial charge < -0.3 is 15.1 Å². The molecule has 0 radical (unpaired) electrons. The molecule has 5 nitrogen and oxygen atoms in total. The fraction of sp³-hybridized carbons (Fsp3) is 0.600. The number of aromatic nitrogens is 1. The molecule has 1 aromatic heterocycles. The molecule has 5 heteroatoms. The van der Waals surface area contributed by atoms with Gasteiger partial charge in [-0.25, -0.2) is 4.79 Å². The minimum Gasteiger partial charge on any atom is -0.478 e. The van der Waals surface area contributed by atoms with Gasteiger partial charge in [0.1, 0.15) is 0 Å². The van der Waals surface area contributed by atoms with Gasteiger partial charge in [0.2, 0.25) is 0 Å². The minimum atomic E-state index is -0.924. The molecule has 2 N–H and O–H groups in total. The van der Waals surface area contributed by atoms with Gasteiger partial charge in [-0.3, -0.25) is 4.98 Å². The Morgan fingerprint density at radius 3 is 3.05 bits per heavy atom. The van der Waals surface area contributed by atoms with E-state index in [2.05, 4.69) is 9.88 Å². The summed E-state index contributed by atoms with van der Waals surface area (Å²) in [6, 6.07) is 1.54. The zero-order valence-electron chi connectivity index (χ0n) is 11.5. The van der Waals surface area contributed by atoms with E-state index < -0.39 is 11.6 Å². The van der Waals surface area contributed by atoms with Crippen LogP contribution in [0.4, 0.5) is 5.69 Å². The summed E-state index contributed by atoms with van der Waals surface area (Å²) in [7, 11) is 0. The smallest absolute Gasteiger partial charge is 0.337 e. The summed E-state index contributed by atoms with van der Waals surface area (Å²) in [6.45, 7) is 1.42. The number of carboxylic acids is 1. The van der Waals surface area contributed by atoms with E-state index in [1.165, 1.54) is 6.20 Å². The van der Waals surface area contributed by atoms with Crippen molar-refractivity contribution in [1.82, 2.24) is 4.98 Å². The van der Waals surface area contributed by atoms with E-state index in [-0.39, 0.29) is 5.92 Å². The molecule has 1 aliphatic heterocycles. The molecule has 1 aromatic rings. The number of aliphatic hydroxyl groups is 1. The average molecular weight is 276 g/mol. The molecule has 2 unspecified atom stereocenters. The Morgan fingerprint density at radius 2 is 2.25 bits per heavy atom. The molecule has 0 spiro atoms. The molecule has 1 saturated carbocycles. The van der Waals surface area contributed by atoms with Gasteiger partial charge in [-0.2, -0.15) is 0 Å². The fourth-order valence-corrected chi connectivity index (χ4v) is 3.61. The van der Waals surface area contributed by atoms with Crippen LogP contribution in [0.15, 0.2) is 18.5 Å². The SMILES string of the molecule is O=C(O)c1ccncc1N1CCC2(O)CCCCC2C1. The Hall–Kier alpha value is -1.62. The van der Waals surface area contributed by atoms with E-state index in [9.17, 15) is 15.0 Å². The lowest BCUT2D eigenvalue weighted by molar-refractivity contribution is -0.0612. The molecular weight excluding hydrogens is 256 g/mol. The number of anilines is 1. The molecule has 2 aliphatic rings. The van der Waals surface area contributed by atoms with Gasteiger partial charge in [-0.05, 0) is 25.3 Å². The normalized spacial score (nSPS) is 29.9. The molecule has 0 amide bonds. The van der Waals surface area contributed by atoms with Crippen LogP contribution in [0.3, 0.4) is 0 Å². The molecule has 1 saturated heterocycles. The zero-order chi connectivity index (χ0) is 14.2. The van der Waals surface area contributed by atoms with Gasteiger partial charge in [-0.1, -0.05) is 12.8 Å². The van der Waals surface area contributed by atoms with Crippen LogP contribution in [-0.2, 0) is 0 Å². The van der Waals surface area contributed by atoms with Crippen LogP contribution in [0.5, 0.6) is 0 Å². The van der Waals surface area contributed by atoms with Gasteiger partial charge in [-0.15, -0.1) is 0 Å². The van der Waals surface area contributed by atoms with Gasteiger partial charge in [0.15, 0.2) is 0 Å². The summed E-state index contributed by atoms with van der Waals surface area (Å²) in [4.78, 5) is 17.4. The topological polar surface area (TPSA) is 73.7 Å². The number of rotatable bonds is 2. The zero-order valence-corrected chi connectivity index (χ0v) is 11.5. The van der Waals surface area contributed by atoms with E-state index in [1.807, 2.05) is 0 Å². The lowest BCUT2D eigenvalue weighted by Crippen LogP contribution is -2.53. The monoisotopic (exact) mass is 276 g/mol. The number of carbonyl (C=O) groups is 1. The second kappa shape index (κ2) is 5.05. The number of piperidine rings is 1. The van der Waals surface area contributed by atoms with Crippen LogP contribution in [0.25, 0.3) is 0 Å². The quantitative estimate of drug-likeness (QED) is 0.863. The Kier molecular flexibility index (Phi) is 3.38. The van der Waals surface area contributed by atoms with Crippen molar-refractivity contribution in [1.29, 1.82) is 0 Å². The van der Waals surface area contributed by atoms with Crippen molar-refractivity contribution in [3.05, 3.63) is 24.0 Å². The van der Waals surface area contributed by atoms with Gasteiger partial charge >= 0.3 is 5.97 Å². The van der Waals surface area contributed by atoms with Crippen molar-refractivity contribution in [2.24, 2.45) is 5.92 Å². The lowest BCUT2D eigenvalue weighted by Gasteiger charge is -2.48. The fourth-order valence-electron chi connectivity index (χ4n) is 3.61. The molecule has 2 fully saturated rings. The number of aromatic carboxylic acids is 1. The van der Waals surface area contributed by atoms with Crippen LogP contribution >= 0.6 is 0 Å². The van der Waals surface area contributed by atoms with Gasteiger partial charge in [0, 0.05) is 25.2 Å². The molecule has 3 rings (SSSR count). The molecule has 0 aromatic carbocycles. The third-order valence-electron chi connectivity index (χ3n) is 4.80. The molecule has 20 heavy (non-hydrogen) atoms. The van der Waals surface area contributed by atoms with Crippen LogP contribution in [-0.4, -0.2) is 39.9 Å². The van der Waals surface area contributed by atoms with Crippen molar-refractivity contribution < 1.29 is 15.0 Å². The number of carboxylic acid groups (broad SMARTS) is 1. The van der Waals surface area contributed by atoms with Crippen LogP contribution < -0.4 is 4.90 Å². The van der Waals surface area contributed by atoms with E-state index in [4.69, 9.17) is 0 Å². The Labute approximate surface area is 118 Å². The van der Waals surface area contributed by atoms with Crippen LogP contribution in [0, 0.1) is 5.92 Å². The second-order valence-electron chi connectivity index (χ2n) is 5.94. The number of hydrogen-bond donors (Lipinski definition) is 2. The van der Waals surface area contributed by atoms with Crippen molar-refractivity contribution in [3.63, 3.8) is 0 Å². The number of fused-ring (bicyclic) bond motifs is 1. The van der Waals surface area contributed by atoms with Crippen LogP contribution in [0.2, 0.25) is 0 Å². The van der Waals surface area contributed by atoms with Crippen molar-refractivity contribution in [2.45, 2.75) is 37.7 Å². The highest BCUT2D eigenvalue weighted by Crippen LogP contribution is 2.41. The summed E-state index contributed by atoms with van der Waals surface area (Å²) in [5.41, 5.74) is 0.425. The summed E-state index contributed by atoms with van der Waals surface area (Å²) in [6.07, 6.45) is 8.00. The molecule has 108 valence electrons. The van der Waals surface area contributed by atoms with E-state index in [0.717, 1.165) is 32.2 Å². The first-order valence-corrected chi connectivity index (χ1v) is 7.25. The number of hydrogen-bond acceptors (Lipinski definition) is 4. The van der Waals surface area contributed by atoms with E-state index in [0.29, 0.717) is 24.2 Å². The third-order valence-corrected chi connectivity index (χ3v) is 4.80. The van der Waals surface area contributed by atoms with Crippen LogP contribution in [0.1, 0.15) is 42.5 Å². The number of nitrogens with zero attached hydrogens (tertiary/aromatic N) is 2.